The van der Waals surface area contributed by atoms with E-state index < -0.39 is 36.1 Å². The van der Waals surface area contributed by atoms with Crippen molar-refractivity contribution in [2.75, 3.05) is 18.5 Å². The van der Waals surface area contributed by atoms with Crippen LogP contribution in [0.3, 0.4) is 0 Å². The summed E-state index contributed by atoms with van der Waals surface area (Å²) in [6.45, 7) is 1.86. The summed E-state index contributed by atoms with van der Waals surface area (Å²) in [5, 5.41) is 15.2. The average Bonchev–Trinajstić information content (AvgIpc) is 3.26. The number of rotatable bonds is 10. The Kier molecular flexibility index (Phi) is 7.77. The molecule has 2 aromatic carbocycles. The highest BCUT2D eigenvalue weighted by Gasteiger charge is 2.23. The summed E-state index contributed by atoms with van der Waals surface area (Å²) in [5.41, 5.74) is 2.23. The van der Waals surface area contributed by atoms with Gasteiger partial charge in [0.15, 0.2) is 5.65 Å². The fourth-order valence-electron chi connectivity index (χ4n) is 3.94. The number of hydrogen-bond donors (Lipinski definition) is 3. The summed E-state index contributed by atoms with van der Waals surface area (Å²) in [6.07, 6.45) is 1.31. The number of anilines is 1. The van der Waals surface area contributed by atoms with Crippen LogP contribution in [0, 0.1) is 5.82 Å². The van der Waals surface area contributed by atoms with Crippen LogP contribution >= 0.6 is 0 Å². The van der Waals surface area contributed by atoms with Crippen LogP contribution in [0.15, 0.2) is 72.9 Å². The number of aromatic nitrogens is 2. The summed E-state index contributed by atoms with van der Waals surface area (Å²) < 4.78 is 20.1. The monoisotopic (exact) mass is 504 g/mol. The molecule has 9 nitrogen and oxygen atoms in total. The van der Waals surface area contributed by atoms with Gasteiger partial charge in [-0.05, 0) is 36.8 Å². The van der Waals surface area contributed by atoms with Gasteiger partial charge in [-0.2, -0.15) is 0 Å². The molecule has 0 bridgehead atoms. The molecule has 0 radical (unpaired) electrons. The van der Waals surface area contributed by atoms with Gasteiger partial charge in [-0.15, -0.1) is 0 Å². The first-order chi connectivity index (χ1) is 17.9. The summed E-state index contributed by atoms with van der Waals surface area (Å²) in [7, 11) is 0. The first-order valence-electron chi connectivity index (χ1n) is 11.6. The van der Waals surface area contributed by atoms with Crippen LogP contribution in [0.2, 0.25) is 0 Å². The first kappa shape index (κ1) is 25.4. The fourth-order valence-corrected chi connectivity index (χ4v) is 3.94. The Hall–Kier alpha value is -4.73. The second-order valence-corrected chi connectivity index (χ2v) is 8.12. The molecule has 0 aliphatic carbocycles. The summed E-state index contributed by atoms with van der Waals surface area (Å²) >= 11 is 0. The number of esters is 1. The second kappa shape index (κ2) is 11.3. The number of amides is 1. The minimum Gasteiger partial charge on any atom is -0.481 e. The van der Waals surface area contributed by atoms with Gasteiger partial charge in [-0.25, -0.2) is 9.37 Å². The number of nitrogens with one attached hydrogen (secondary N) is 2. The van der Waals surface area contributed by atoms with Gasteiger partial charge in [0.2, 0.25) is 0 Å². The van der Waals surface area contributed by atoms with Gasteiger partial charge in [0.1, 0.15) is 23.9 Å². The molecule has 0 saturated carbocycles. The lowest BCUT2D eigenvalue weighted by molar-refractivity contribution is -0.141. The van der Waals surface area contributed by atoms with Gasteiger partial charge in [0.05, 0.1) is 24.6 Å². The van der Waals surface area contributed by atoms with E-state index in [0.717, 1.165) is 5.56 Å². The number of carbonyl (C=O) groups excluding carboxylic acids is 2. The van der Waals surface area contributed by atoms with Crippen molar-refractivity contribution in [2.24, 2.45) is 0 Å². The number of carbonyl (C=O) groups is 3. The van der Waals surface area contributed by atoms with Crippen molar-refractivity contribution in [3.8, 4) is 11.3 Å². The van der Waals surface area contributed by atoms with Crippen molar-refractivity contribution in [1.29, 1.82) is 0 Å². The van der Waals surface area contributed by atoms with Crippen molar-refractivity contribution in [2.45, 2.75) is 19.4 Å². The minimum atomic E-state index is -1.12. The van der Waals surface area contributed by atoms with Crippen LogP contribution in [0.1, 0.15) is 35.3 Å². The van der Waals surface area contributed by atoms with E-state index in [9.17, 15) is 23.9 Å². The largest absolute Gasteiger partial charge is 0.481 e. The molecule has 0 saturated heterocycles. The number of carboxylic acid groups (broad SMARTS) is 1. The van der Waals surface area contributed by atoms with E-state index in [2.05, 4.69) is 10.6 Å². The molecule has 0 spiro atoms. The van der Waals surface area contributed by atoms with Gasteiger partial charge >= 0.3 is 11.9 Å². The number of halogens is 1. The van der Waals surface area contributed by atoms with Gasteiger partial charge in [-0.1, -0.05) is 42.5 Å². The quantitative estimate of drug-likeness (QED) is 0.278. The van der Waals surface area contributed by atoms with Crippen molar-refractivity contribution in [1.82, 2.24) is 14.7 Å². The predicted molar refractivity (Wildman–Crippen MR) is 135 cm³/mol. The molecule has 4 rings (SSSR count). The number of hydrogen-bond acceptors (Lipinski definition) is 6. The lowest BCUT2D eigenvalue weighted by Gasteiger charge is -2.18. The van der Waals surface area contributed by atoms with Crippen LogP contribution in [-0.2, 0) is 14.3 Å². The number of imidazole rings is 1. The van der Waals surface area contributed by atoms with E-state index >= 15 is 0 Å². The maximum absolute atomic E-state index is 13.4. The van der Waals surface area contributed by atoms with Crippen LogP contribution < -0.4 is 10.6 Å². The van der Waals surface area contributed by atoms with E-state index in [4.69, 9.17) is 9.72 Å². The van der Waals surface area contributed by atoms with E-state index in [-0.39, 0.29) is 18.7 Å². The maximum Gasteiger partial charge on any atom is 0.325 e. The molecule has 1 atom stereocenters. The number of benzene rings is 2. The third-order valence-corrected chi connectivity index (χ3v) is 5.60. The number of ether oxygens (including phenoxy) is 1. The zero-order valence-electron chi connectivity index (χ0n) is 20.0. The van der Waals surface area contributed by atoms with Crippen LogP contribution in [-0.4, -0.2) is 45.5 Å². The SMILES string of the molecule is CCOC(=O)CNc1c(-c2ccccc2)nc2c(C(=O)NC(CC(=O)O)c3ccc(F)cc3)cccn12. The zero-order chi connectivity index (χ0) is 26.4. The highest BCUT2D eigenvalue weighted by atomic mass is 19.1. The fraction of sp³-hybridized carbons (Fsp3) is 0.185. The van der Waals surface area contributed by atoms with Crippen LogP contribution in [0.5, 0.6) is 0 Å². The molecular weight excluding hydrogens is 479 g/mol. The molecule has 1 amide bonds. The van der Waals surface area contributed by atoms with Gasteiger partial charge in [0.25, 0.3) is 5.91 Å². The molecule has 1 unspecified atom stereocenters. The van der Waals surface area contributed by atoms with E-state index in [1.54, 1.807) is 29.7 Å². The molecule has 10 heteroatoms. The van der Waals surface area contributed by atoms with Crippen LogP contribution in [0.4, 0.5) is 10.2 Å². The third-order valence-electron chi connectivity index (χ3n) is 5.60. The number of fused-ring (bicyclic) bond motifs is 1. The Morgan fingerprint density at radius 2 is 1.78 bits per heavy atom. The molecule has 2 heterocycles. The average molecular weight is 505 g/mol. The van der Waals surface area contributed by atoms with E-state index in [1.165, 1.54) is 24.3 Å². The van der Waals surface area contributed by atoms with Crippen molar-refractivity contribution in [3.63, 3.8) is 0 Å². The molecule has 4 aromatic rings. The third kappa shape index (κ3) is 5.92. The van der Waals surface area contributed by atoms with Crippen molar-refractivity contribution in [3.05, 3.63) is 89.9 Å². The molecule has 190 valence electrons. The Balaban J connectivity index is 1.73. The molecular formula is C27H25FN4O5. The van der Waals surface area contributed by atoms with Gasteiger partial charge < -0.3 is 20.5 Å². The highest BCUT2D eigenvalue weighted by molar-refractivity contribution is 6.01. The van der Waals surface area contributed by atoms with Crippen LogP contribution in [0.25, 0.3) is 16.9 Å². The Morgan fingerprint density at radius 1 is 1.05 bits per heavy atom. The maximum atomic E-state index is 13.4. The molecule has 37 heavy (non-hydrogen) atoms. The number of nitrogens with zero attached hydrogens (tertiary/aromatic N) is 2. The Morgan fingerprint density at radius 3 is 2.46 bits per heavy atom. The lowest BCUT2D eigenvalue weighted by Crippen LogP contribution is -2.30. The molecule has 0 aliphatic rings. The van der Waals surface area contributed by atoms with Crippen molar-refractivity contribution < 1.29 is 28.6 Å². The predicted octanol–water partition coefficient (Wildman–Crippen LogP) is 4.06. The molecule has 0 aliphatic heterocycles. The number of aliphatic carboxylic acids is 1. The normalized spacial score (nSPS) is 11.6. The first-order valence-corrected chi connectivity index (χ1v) is 11.6. The highest BCUT2D eigenvalue weighted by Crippen LogP contribution is 2.30. The van der Waals surface area contributed by atoms with E-state index in [0.29, 0.717) is 22.7 Å². The lowest BCUT2D eigenvalue weighted by atomic mass is 10.0. The van der Waals surface area contributed by atoms with E-state index in [1.807, 2.05) is 30.3 Å². The zero-order valence-corrected chi connectivity index (χ0v) is 20.0. The Bertz CT molecular complexity index is 1420. The summed E-state index contributed by atoms with van der Waals surface area (Å²) in [6, 6.07) is 16.9. The molecule has 0 fully saturated rings. The molecule has 3 N–H and O–H groups in total. The molecule has 2 aromatic heterocycles. The minimum absolute atomic E-state index is 0.108. The van der Waals surface area contributed by atoms with Crippen molar-refractivity contribution >= 4 is 29.3 Å². The van der Waals surface area contributed by atoms with Gasteiger partial charge in [-0.3, -0.25) is 18.8 Å². The standard InChI is InChI=1S/C27H25FN4O5/c1-2-37-23(35)16-29-26-24(18-7-4-3-5-8-18)31-25-20(9-6-14-32(25)26)27(36)30-21(15-22(33)34)17-10-12-19(28)13-11-17/h3-14,21,29H,2,15-16H2,1H3,(H,30,36)(H,33,34). The Labute approximate surface area is 211 Å². The topological polar surface area (TPSA) is 122 Å². The smallest absolute Gasteiger partial charge is 0.325 e. The number of pyridine rings is 1. The summed E-state index contributed by atoms with van der Waals surface area (Å²) in [5.74, 6) is -2.10. The second-order valence-electron chi connectivity index (χ2n) is 8.12. The summed E-state index contributed by atoms with van der Waals surface area (Å²) in [4.78, 5) is 41.6. The van der Waals surface area contributed by atoms with Gasteiger partial charge in [0, 0.05) is 11.8 Å². The number of carboxylic acids is 1.